The number of nitrogens with zero attached hydrogens (tertiary/aromatic N) is 1. The third-order valence-corrected chi connectivity index (χ3v) is 5.95. The lowest BCUT2D eigenvalue weighted by atomic mass is 10.2. The molecule has 2 aromatic carbocycles. The molecular formula is C19H19NOS2. The van der Waals surface area contributed by atoms with Crippen LogP contribution in [0.2, 0.25) is 0 Å². The number of anilines is 1. The Kier molecular flexibility index (Phi) is 5.47. The van der Waals surface area contributed by atoms with Gasteiger partial charge in [-0.25, -0.2) is 0 Å². The second-order valence-electron chi connectivity index (χ2n) is 5.30. The van der Waals surface area contributed by atoms with E-state index in [1.54, 1.807) is 16.7 Å². The quantitative estimate of drug-likeness (QED) is 0.572. The fourth-order valence-corrected chi connectivity index (χ4v) is 4.50. The van der Waals surface area contributed by atoms with Crippen LogP contribution in [0, 0.1) is 0 Å². The zero-order valence-electron chi connectivity index (χ0n) is 13.0. The first-order chi connectivity index (χ1) is 11.3. The molecule has 0 bridgehead atoms. The number of fused-ring (bicyclic) bond motifs is 1. The largest absolute Gasteiger partial charge is 0.313 e. The van der Waals surface area contributed by atoms with Crippen LogP contribution < -0.4 is 4.90 Å². The smallest absolute Gasteiger partial charge is 0.240 e. The molecule has 3 rings (SSSR count). The fourth-order valence-electron chi connectivity index (χ4n) is 2.47. The first-order valence-corrected chi connectivity index (χ1v) is 9.48. The predicted octanol–water partition coefficient (Wildman–Crippen LogP) is 4.86. The van der Waals surface area contributed by atoms with E-state index in [9.17, 15) is 4.79 Å². The number of amides is 1. The monoisotopic (exact) mass is 341 g/mol. The van der Waals surface area contributed by atoms with Crippen molar-refractivity contribution in [2.75, 3.05) is 17.7 Å². The van der Waals surface area contributed by atoms with Gasteiger partial charge in [0.2, 0.25) is 5.91 Å². The molecule has 0 radical (unpaired) electrons. The maximum Gasteiger partial charge on any atom is 0.240 e. The van der Waals surface area contributed by atoms with E-state index in [0.717, 1.165) is 17.9 Å². The number of para-hydroxylation sites is 1. The van der Waals surface area contributed by atoms with Crippen molar-refractivity contribution in [3.63, 3.8) is 0 Å². The molecule has 2 nitrogen and oxygen atoms in total. The molecule has 1 aliphatic heterocycles. The van der Waals surface area contributed by atoms with Gasteiger partial charge in [0.25, 0.3) is 0 Å². The van der Waals surface area contributed by atoms with Crippen LogP contribution in [0.1, 0.15) is 6.42 Å². The molecule has 0 saturated carbocycles. The van der Waals surface area contributed by atoms with Crippen molar-refractivity contribution in [3.8, 4) is 0 Å². The molecular weight excluding hydrogens is 322 g/mol. The van der Waals surface area contributed by atoms with Crippen LogP contribution in [0.15, 0.2) is 76.5 Å². The lowest BCUT2D eigenvalue weighted by Crippen LogP contribution is -2.37. The van der Waals surface area contributed by atoms with Crippen LogP contribution in [0.25, 0.3) is 0 Å². The van der Waals surface area contributed by atoms with Gasteiger partial charge >= 0.3 is 0 Å². The summed E-state index contributed by atoms with van der Waals surface area (Å²) in [7, 11) is 1.86. The van der Waals surface area contributed by atoms with Gasteiger partial charge in [0.1, 0.15) is 0 Å². The molecule has 0 aromatic heterocycles. The fraction of sp³-hybridized carbons (Fsp3) is 0.211. The van der Waals surface area contributed by atoms with Crippen molar-refractivity contribution in [3.05, 3.63) is 66.7 Å². The zero-order valence-corrected chi connectivity index (χ0v) is 14.6. The van der Waals surface area contributed by atoms with Crippen molar-refractivity contribution in [2.24, 2.45) is 0 Å². The minimum atomic E-state index is -0.0205. The van der Waals surface area contributed by atoms with Gasteiger partial charge < -0.3 is 4.90 Å². The van der Waals surface area contributed by atoms with E-state index < -0.39 is 0 Å². The molecule has 1 atom stereocenters. The highest BCUT2D eigenvalue weighted by Crippen LogP contribution is 2.39. The van der Waals surface area contributed by atoms with Gasteiger partial charge in [0.15, 0.2) is 0 Å². The number of rotatable bonds is 5. The number of carbonyl (C=O) groups excluding carboxylic acids is 1. The van der Waals surface area contributed by atoms with E-state index in [-0.39, 0.29) is 11.2 Å². The first-order valence-electron chi connectivity index (χ1n) is 7.62. The summed E-state index contributed by atoms with van der Waals surface area (Å²) in [4.78, 5) is 16.7. The summed E-state index contributed by atoms with van der Waals surface area (Å²) in [5.41, 5.74) is 1.02. The molecule has 1 aliphatic rings. The number of hydrogen-bond acceptors (Lipinski definition) is 3. The second-order valence-corrected chi connectivity index (χ2v) is 7.64. The molecule has 0 spiro atoms. The van der Waals surface area contributed by atoms with Gasteiger partial charge in [-0.05, 0) is 30.7 Å². The maximum atomic E-state index is 12.4. The Morgan fingerprint density at radius 3 is 2.65 bits per heavy atom. The average Bonchev–Trinajstić information content (AvgIpc) is 2.60. The number of thioether (sulfide) groups is 2. The lowest BCUT2D eigenvalue weighted by Gasteiger charge is -2.30. The molecule has 2 aromatic rings. The van der Waals surface area contributed by atoms with Crippen LogP contribution in [0.5, 0.6) is 0 Å². The summed E-state index contributed by atoms with van der Waals surface area (Å²) in [5.74, 6) is 1.12. The van der Waals surface area contributed by atoms with E-state index in [1.165, 1.54) is 9.79 Å². The molecule has 4 heteroatoms. The second kappa shape index (κ2) is 7.75. The average molecular weight is 342 g/mol. The zero-order chi connectivity index (χ0) is 16.1. The summed E-state index contributed by atoms with van der Waals surface area (Å²) in [6.45, 7) is 0. The van der Waals surface area contributed by atoms with Crippen LogP contribution in [0.3, 0.4) is 0 Å². The molecule has 1 amide bonds. The molecule has 0 saturated heterocycles. The van der Waals surface area contributed by atoms with Crippen LogP contribution >= 0.6 is 23.5 Å². The number of hydrogen-bond donors (Lipinski definition) is 0. The summed E-state index contributed by atoms with van der Waals surface area (Å²) in [6, 6.07) is 18.5. The normalized spacial score (nSPS) is 17.5. The van der Waals surface area contributed by atoms with Gasteiger partial charge in [0, 0.05) is 22.6 Å². The number of carbonyl (C=O) groups is 1. The predicted molar refractivity (Wildman–Crippen MR) is 100 cm³/mol. The van der Waals surface area contributed by atoms with Gasteiger partial charge in [-0.15, -0.1) is 23.5 Å². The Morgan fingerprint density at radius 1 is 1.09 bits per heavy atom. The van der Waals surface area contributed by atoms with Crippen molar-refractivity contribution in [2.45, 2.75) is 21.5 Å². The molecule has 0 aliphatic carbocycles. The van der Waals surface area contributed by atoms with Gasteiger partial charge in [0.05, 0.1) is 10.9 Å². The molecule has 23 heavy (non-hydrogen) atoms. The minimum Gasteiger partial charge on any atom is -0.313 e. The van der Waals surface area contributed by atoms with E-state index in [2.05, 4.69) is 42.5 Å². The Balaban J connectivity index is 1.54. The molecule has 1 unspecified atom stereocenters. The number of benzene rings is 2. The highest BCUT2D eigenvalue weighted by Gasteiger charge is 2.29. The van der Waals surface area contributed by atoms with Crippen LogP contribution in [-0.4, -0.2) is 24.0 Å². The molecule has 1 heterocycles. The Hall–Kier alpha value is -1.65. The van der Waals surface area contributed by atoms with E-state index in [1.807, 2.05) is 43.1 Å². The van der Waals surface area contributed by atoms with Crippen molar-refractivity contribution in [1.82, 2.24) is 0 Å². The summed E-state index contributed by atoms with van der Waals surface area (Å²) < 4.78 is 0. The van der Waals surface area contributed by atoms with Crippen molar-refractivity contribution >= 4 is 35.1 Å². The highest BCUT2D eigenvalue weighted by atomic mass is 32.2. The van der Waals surface area contributed by atoms with Gasteiger partial charge in [-0.2, -0.15) is 0 Å². The highest BCUT2D eigenvalue weighted by molar-refractivity contribution is 8.01. The Bertz CT molecular complexity index is 700. The van der Waals surface area contributed by atoms with Gasteiger partial charge in [-0.3, -0.25) is 4.79 Å². The SMILES string of the molecule is CN1C(=O)C(C/C=C/CSc2ccccc2)Sc2ccccc21. The van der Waals surface area contributed by atoms with Crippen molar-refractivity contribution in [1.29, 1.82) is 0 Å². The minimum absolute atomic E-state index is 0.0205. The molecule has 0 N–H and O–H groups in total. The molecule has 118 valence electrons. The Labute approximate surface area is 146 Å². The van der Waals surface area contributed by atoms with Gasteiger partial charge in [-0.1, -0.05) is 42.5 Å². The third kappa shape index (κ3) is 4.01. The lowest BCUT2D eigenvalue weighted by molar-refractivity contribution is -0.117. The van der Waals surface area contributed by atoms with E-state index in [0.29, 0.717) is 0 Å². The van der Waals surface area contributed by atoms with E-state index in [4.69, 9.17) is 0 Å². The van der Waals surface area contributed by atoms with Crippen LogP contribution in [-0.2, 0) is 4.79 Å². The molecule has 0 fully saturated rings. The summed E-state index contributed by atoms with van der Waals surface area (Å²) in [5, 5.41) is -0.0205. The topological polar surface area (TPSA) is 20.3 Å². The maximum absolute atomic E-state index is 12.4. The summed E-state index contributed by atoms with van der Waals surface area (Å²) in [6.07, 6.45) is 5.07. The number of allylic oxidation sites excluding steroid dienone is 1. The van der Waals surface area contributed by atoms with Crippen LogP contribution in [0.4, 0.5) is 5.69 Å². The summed E-state index contributed by atoms with van der Waals surface area (Å²) >= 11 is 3.48. The van der Waals surface area contributed by atoms with Crippen molar-refractivity contribution < 1.29 is 4.79 Å². The Morgan fingerprint density at radius 2 is 1.83 bits per heavy atom. The first kappa shape index (κ1) is 16.2. The third-order valence-electron chi connectivity index (χ3n) is 3.71. The standard InChI is InChI=1S/C19H19NOS2/c1-20-16-11-5-6-12-17(16)23-18(19(20)21)13-7-8-14-22-15-9-3-2-4-10-15/h2-12,18H,13-14H2,1H3/b8-7+. The van der Waals surface area contributed by atoms with E-state index >= 15 is 0 Å².